The summed E-state index contributed by atoms with van der Waals surface area (Å²) in [6.07, 6.45) is 6.16. The molecule has 1 aliphatic rings. The molecule has 0 radical (unpaired) electrons. The highest BCUT2D eigenvalue weighted by Crippen LogP contribution is 2.44. The Bertz CT molecular complexity index is 1010. The summed E-state index contributed by atoms with van der Waals surface area (Å²) in [5.74, 6) is 0.316. The van der Waals surface area contributed by atoms with Crippen molar-refractivity contribution in [2.45, 2.75) is 50.6 Å². The molecule has 0 heterocycles. The first-order valence-corrected chi connectivity index (χ1v) is 11.0. The van der Waals surface area contributed by atoms with Gasteiger partial charge in [-0.15, -0.1) is 12.3 Å². The van der Waals surface area contributed by atoms with E-state index in [9.17, 15) is 19.5 Å². The second-order valence-electron chi connectivity index (χ2n) is 7.97. The summed E-state index contributed by atoms with van der Waals surface area (Å²) >= 11 is 0. The fraction of sp³-hybridized carbons (Fsp3) is 0.346. The molecule has 33 heavy (non-hydrogen) atoms. The van der Waals surface area contributed by atoms with E-state index in [1.54, 1.807) is 0 Å². The first kappa shape index (κ1) is 23.9. The first-order valence-electron chi connectivity index (χ1n) is 11.0. The Balaban J connectivity index is 1.65. The molecule has 7 nitrogen and oxygen atoms in total. The third-order valence-corrected chi connectivity index (χ3v) is 5.74. The van der Waals surface area contributed by atoms with Gasteiger partial charge in [0.2, 0.25) is 5.91 Å². The number of carbonyl (C=O) groups excluding carboxylic acids is 2. The number of rotatable bonds is 10. The number of aliphatic carboxylic acids is 1. The maximum absolute atomic E-state index is 12.6. The van der Waals surface area contributed by atoms with Gasteiger partial charge in [-0.1, -0.05) is 68.3 Å². The average Bonchev–Trinajstić information content (AvgIpc) is 3.13. The number of hydrogen-bond donors (Lipinski definition) is 3. The Morgan fingerprint density at radius 2 is 1.64 bits per heavy atom. The Hall–Kier alpha value is -3.79. The number of fused-ring (bicyclic) bond motifs is 3. The Labute approximate surface area is 193 Å². The van der Waals surface area contributed by atoms with E-state index in [1.165, 1.54) is 0 Å². The van der Waals surface area contributed by atoms with Crippen LogP contribution in [0.5, 0.6) is 0 Å². The maximum Gasteiger partial charge on any atom is 0.407 e. The lowest BCUT2D eigenvalue weighted by Crippen LogP contribution is -2.51. The van der Waals surface area contributed by atoms with Crippen molar-refractivity contribution in [2.24, 2.45) is 0 Å². The highest BCUT2D eigenvalue weighted by Gasteiger charge is 2.30. The van der Waals surface area contributed by atoms with Crippen LogP contribution in [0.4, 0.5) is 4.79 Å². The number of nitrogens with one attached hydrogen (secondary N) is 2. The Morgan fingerprint density at radius 1 is 1.03 bits per heavy atom. The van der Waals surface area contributed by atoms with Crippen molar-refractivity contribution in [2.75, 3.05) is 6.61 Å². The third-order valence-electron chi connectivity index (χ3n) is 5.74. The molecular formula is C26H28N2O5. The zero-order chi connectivity index (χ0) is 23.8. The van der Waals surface area contributed by atoms with Crippen LogP contribution in [0, 0.1) is 12.3 Å². The molecule has 0 aliphatic heterocycles. The van der Waals surface area contributed by atoms with Crippen LogP contribution < -0.4 is 10.6 Å². The number of carbonyl (C=O) groups is 3. The predicted molar refractivity (Wildman–Crippen MR) is 125 cm³/mol. The van der Waals surface area contributed by atoms with Crippen LogP contribution in [0.3, 0.4) is 0 Å². The van der Waals surface area contributed by atoms with Crippen molar-refractivity contribution >= 4 is 18.0 Å². The molecule has 0 saturated carbocycles. The van der Waals surface area contributed by atoms with Crippen molar-refractivity contribution in [1.29, 1.82) is 0 Å². The zero-order valence-electron chi connectivity index (χ0n) is 18.5. The molecular weight excluding hydrogens is 420 g/mol. The first-order chi connectivity index (χ1) is 16.0. The lowest BCUT2D eigenvalue weighted by atomic mass is 9.98. The van der Waals surface area contributed by atoms with Crippen LogP contribution in [0.15, 0.2) is 48.5 Å². The van der Waals surface area contributed by atoms with Gasteiger partial charge < -0.3 is 20.5 Å². The van der Waals surface area contributed by atoms with E-state index in [4.69, 9.17) is 11.2 Å². The molecule has 2 atom stereocenters. The summed E-state index contributed by atoms with van der Waals surface area (Å²) in [5, 5.41) is 14.2. The van der Waals surface area contributed by atoms with Crippen molar-refractivity contribution < 1.29 is 24.2 Å². The molecule has 2 aromatic rings. The standard InChI is InChI=1S/C26H28N2O5/c1-3-5-15-22(24(29)27-23(10-4-2)25(30)31)28-26(32)33-16-21-19-13-8-6-11-17(19)18-12-7-9-14-20(18)21/h2,6-9,11-14,21-23H,3,5,10,15-16H2,1H3,(H,27,29)(H,28,32)(H,30,31). The summed E-state index contributed by atoms with van der Waals surface area (Å²) in [4.78, 5) is 36.5. The fourth-order valence-corrected chi connectivity index (χ4v) is 4.05. The van der Waals surface area contributed by atoms with Gasteiger partial charge in [-0.25, -0.2) is 9.59 Å². The molecule has 3 N–H and O–H groups in total. The van der Waals surface area contributed by atoms with Crippen molar-refractivity contribution in [3.63, 3.8) is 0 Å². The zero-order valence-corrected chi connectivity index (χ0v) is 18.5. The molecule has 0 bridgehead atoms. The molecule has 0 spiro atoms. The van der Waals surface area contributed by atoms with E-state index in [-0.39, 0.29) is 18.9 Å². The topological polar surface area (TPSA) is 105 Å². The van der Waals surface area contributed by atoms with Crippen LogP contribution in [-0.2, 0) is 14.3 Å². The van der Waals surface area contributed by atoms with Crippen molar-refractivity contribution in [3.8, 4) is 23.5 Å². The summed E-state index contributed by atoms with van der Waals surface area (Å²) in [6, 6.07) is 13.9. The quantitative estimate of drug-likeness (QED) is 0.481. The van der Waals surface area contributed by atoms with E-state index in [2.05, 4.69) is 28.7 Å². The number of amides is 2. The van der Waals surface area contributed by atoms with Crippen LogP contribution in [0.1, 0.15) is 49.7 Å². The van der Waals surface area contributed by atoms with Crippen molar-refractivity contribution in [3.05, 3.63) is 59.7 Å². The van der Waals surface area contributed by atoms with Gasteiger partial charge >= 0.3 is 12.1 Å². The number of carboxylic acid groups (broad SMARTS) is 1. The lowest BCUT2D eigenvalue weighted by Gasteiger charge is -2.21. The molecule has 1 aliphatic carbocycles. The van der Waals surface area contributed by atoms with Gasteiger partial charge in [0.25, 0.3) is 0 Å². The Kier molecular flexibility index (Phi) is 8.09. The fourth-order valence-electron chi connectivity index (χ4n) is 4.05. The van der Waals surface area contributed by atoms with Crippen LogP contribution in [0.25, 0.3) is 11.1 Å². The van der Waals surface area contributed by atoms with Crippen molar-refractivity contribution in [1.82, 2.24) is 10.6 Å². The summed E-state index contributed by atoms with van der Waals surface area (Å²) < 4.78 is 5.52. The molecule has 2 amide bonds. The number of benzene rings is 2. The summed E-state index contributed by atoms with van der Waals surface area (Å²) in [7, 11) is 0. The number of terminal acetylenes is 1. The Morgan fingerprint density at radius 3 is 2.18 bits per heavy atom. The summed E-state index contributed by atoms with van der Waals surface area (Å²) in [6.45, 7) is 2.08. The highest BCUT2D eigenvalue weighted by atomic mass is 16.5. The van der Waals surface area contributed by atoms with E-state index in [0.717, 1.165) is 28.7 Å². The van der Waals surface area contributed by atoms with Gasteiger partial charge in [0.1, 0.15) is 18.7 Å². The van der Waals surface area contributed by atoms with Crippen LogP contribution in [-0.4, -0.2) is 41.8 Å². The van der Waals surface area contributed by atoms with Gasteiger partial charge in [0.05, 0.1) is 0 Å². The molecule has 0 saturated heterocycles. The van der Waals surface area contributed by atoms with Crippen LogP contribution in [0.2, 0.25) is 0 Å². The normalized spacial score (nSPS) is 13.7. The minimum Gasteiger partial charge on any atom is -0.480 e. The number of alkyl carbamates (subject to hydrolysis) is 1. The molecule has 172 valence electrons. The smallest absolute Gasteiger partial charge is 0.407 e. The average molecular weight is 449 g/mol. The number of carboxylic acids is 1. The van der Waals surface area contributed by atoms with Gasteiger partial charge in [-0.3, -0.25) is 4.79 Å². The summed E-state index contributed by atoms with van der Waals surface area (Å²) in [5.41, 5.74) is 4.42. The molecule has 2 aromatic carbocycles. The minimum atomic E-state index is -1.23. The second kappa shape index (κ2) is 11.2. The SMILES string of the molecule is C#CCC(NC(=O)C(CCCC)NC(=O)OCC1c2ccccc2-c2ccccc21)C(=O)O. The van der Waals surface area contributed by atoms with Gasteiger partial charge in [-0.05, 0) is 28.7 Å². The molecule has 3 rings (SSSR count). The predicted octanol–water partition coefficient (Wildman–Crippen LogP) is 3.68. The van der Waals surface area contributed by atoms with E-state index in [0.29, 0.717) is 12.8 Å². The number of hydrogen-bond acceptors (Lipinski definition) is 4. The van der Waals surface area contributed by atoms with Gasteiger partial charge in [-0.2, -0.15) is 0 Å². The maximum atomic E-state index is 12.6. The molecule has 2 unspecified atom stereocenters. The third kappa shape index (κ3) is 5.72. The molecule has 0 aromatic heterocycles. The highest BCUT2D eigenvalue weighted by molar-refractivity contribution is 5.89. The van der Waals surface area contributed by atoms with E-state index >= 15 is 0 Å². The van der Waals surface area contributed by atoms with Gasteiger partial charge in [0.15, 0.2) is 0 Å². The van der Waals surface area contributed by atoms with Gasteiger partial charge in [0, 0.05) is 12.3 Å². The molecule has 0 fully saturated rings. The number of unbranched alkanes of at least 4 members (excludes halogenated alkanes) is 1. The van der Waals surface area contributed by atoms with E-state index in [1.807, 2.05) is 43.3 Å². The minimum absolute atomic E-state index is 0.0990. The second-order valence-corrected chi connectivity index (χ2v) is 7.97. The van der Waals surface area contributed by atoms with E-state index < -0.39 is 30.1 Å². The lowest BCUT2D eigenvalue weighted by molar-refractivity contribution is -0.142. The number of ether oxygens (including phenoxy) is 1. The molecule has 7 heteroatoms. The monoisotopic (exact) mass is 448 g/mol. The van der Waals surface area contributed by atoms with Crippen LogP contribution >= 0.6 is 0 Å². The largest absolute Gasteiger partial charge is 0.480 e.